The first-order valence-electron chi connectivity index (χ1n) is 6.56. The predicted octanol–water partition coefficient (Wildman–Crippen LogP) is 0.765. The Morgan fingerprint density at radius 3 is 2.41 bits per heavy atom. The van der Waals surface area contributed by atoms with Gasteiger partial charge < -0.3 is 20.3 Å². The molecule has 0 radical (unpaired) electrons. The molecule has 0 aromatic carbocycles. The van der Waals surface area contributed by atoms with Crippen LogP contribution < -0.4 is 5.73 Å². The van der Waals surface area contributed by atoms with E-state index in [0.717, 1.165) is 6.54 Å². The van der Waals surface area contributed by atoms with Crippen LogP contribution in [0.25, 0.3) is 0 Å². The normalized spacial score (nSPS) is 22.1. The van der Waals surface area contributed by atoms with Crippen LogP contribution in [0.1, 0.15) is 26.7 Å². The molecule has 4 heteroatoms. The molecule has 0 amide bonds. The van der Waals surface area contributed by atoms with Crippen molar-refractivity contribution in [3.63, 3.8) is 0 Å². The van der Waals surface area contributed by atoms with Crippen molar-refractivity contribution in [3.05, 3.63) is 0 Å². The molecule has 1 heterocycles. The van der Waals surface area contributed by atoms with Gasteiger partial charge in [0.05, 0.1) is 5.60 Å². The molecule has 1 aliphatic heterocycles. The Labute approximate surface area is 106 Å². The molecule has 0 bridgehead atoms. The fourth-order valence-electron chi connectivity index (χ4n) is 2.27. The molecule has 102 valence electrons. The van der Waals surface area contributed by atoms with Gasteiger partial charge in [0.1, 0.15) is 0 Å². The minimum absolute atomic E-state index is 0.0529. The topological polar surface area (TPSA) is 41.7 Å². The highest BCUT2D eigenvalue weighted by molar-refractivity contribution is 4.87. The van der Waals surface area contributed by atoms with E-state index in [-0.39, 0.29) is 11.6 Å². The van der Waals surface area contributed by atoms with E-state index >= 15 is 0 Å². The second kappa shape index (κ2) is 6.14. The number of nitrogens with zero attached hydrogens (tertiary/aromatic N) is 2. The molecule has 0 saturated carbocycles. The van der Waals surface area contributed by atoms with E-state index in [1.807, 2.05) is 0 Å². The van der Waals surface area contributed by atoms with Crippen molar-refractivity contribution < 1.29 is 4.74 Å². The van der Waals surface area contributed by atoms with Gasteiger partial charge >= 0.3 is 0 Å². The maximum atomic E-state index is 6.22. The highest BCUT2D eigenvalue weighted by Gasteiger charge is 2.29. The molecule has 1 unspecified atom stereocenters. The van der Waals surface area contributed by atoms with E-state index in [4.69, 9.17) is 10.5 Å². The van der Waals surface area contributed by atoms with Crippen LogP contribution in [-0.4, -0.2) is 68.3 Å². The summed E-state index contributed by atoms with van der Waals surface area (Å²) in [6.07, 6.45) is 2.49. The average Bonchev–Trinajstić information content (AvgIpc) is 2.29. The van der Waals surface area contributed by atoms with Gasteiger partial charge in [-0.25, -0.2) is 0 Å². The molecule has 2 N–H and O–H groups in total. The summed E-state index contributed by atoms with van der Waals surface area (Å²) in [5.74, 6) is 0. The Morgan fingerprint density at radius 2 is 1.94 bits per heavy atom. The zero-order valence-electron chi connectivity index (χ0n) is 12.1. The highest BCUT2D eigenvalue weighted by Crippen LogP contribution is 2.17. The summed E-state index contributed by atoms with van der Waals surface area (Å²) in [5.41, 5.74) is 5.97. The van der Waals surface area contributed by atoms with Gasteiger partial charge in [0.25, 0.3) is 0 Å². The summed E-state index contributed by atoms with van der Waals surface area (Å²) in [6, 6.07) is 0.724. The maximum Gasteiger partial charge on any atom is 0.0785 e. The zero-order chi connectivity index (χ0) is 13.1. The lowest BCUT2D eigenvalue weighted by Gasteiger charge is -2.39. The first kappa shape index (κ1) is 14.9. The van der Waals surface area contributed by atoms with Gasteiger partial charge in [0.15, 0.2) is 0 Å². The lowest BCUT2D eigenvalue weighted by molar-refractivity contribution is -0.0119. The van der Waals surface area contributed by atoms with Gasteiger partial charge in [0.2, 0.25) is 0 Å². The second-order valence-corrected chi connectivity index (χ2v) is 5.89. The van der Waals surface area contributed by atoms with Gasteiger partial charge in [-0.1, -0.05) is 0 Å². The smallest absolute Gasteiger partial charge is 0.0785 e. The summed E-state index contributed by atoms with van der Waals surface area (Å²) in [6.45, 7) is 7.39. The van der Waals surface area contributed by atoms with Crippen molar-refractivity contribution in [3.8, 4) is 0 Å². The van der Waals surface area contributed by atoms with Crippen molar-refractivity contribution in [2.75, 3.05) is 40.8 Å². The van der Waals surface area contributed by atoms with Crippen LogP contribution in [0.4, 0.5) is 0 Å². The fraction of sp³-hybridized carbons (Fsp3) is 1.00. The Morgan fingerprint density at radius 1 is 1.41 bits per heavy atom. The number of hydrogen-bond acceptors (Lipinski definition) is 4. The third-order valence-electron chi connectivity index (χ3n) is 4.22. The minimum atomic E-state index is -0.250. The van der Waals surface area contributed by atoms with Gasteiger partial charge in [-0.15, -0.1) is 0 Å². The molecular formula is C13H29N3O. The van der Waals surface area contributed by atoms with E-state index in [1.54, 1.807) is 7.11 Å². The Bertz CT molecular complexity index is 225. The molecule has 0 spiro atoms. The molecule has 4 nitrogen and oxygen atoms in total. The number of ether oxygens (including phenoxy) is 1. The lowest BCUT2D eigenvalue weighted by atomic mass is 9.97. The van der Waals surface area contributed by atoms with Crippen molar-refractivity contribution in [2.24, 2.45) is 5.73 Å². The molecular weight excluding hydrogens is 214 g/mol. The van der Waals surface area contributed by atoms with Crippen LogP contribution >= 0.6 is 0 Å². The van der Waals surface area contributed by atoms with Crippen molar-refractivity contribution >= 4 is 0 Å². The average molecular weight is 243 g/mol. The van der Waals surface area contributed by atoms with Crippen LogP contribution in [0.15, 0.2) is 0 Å². The first-order valence-corrected chi connectivity index (χ1v) is 6.56. The van der Waals surface area contributed by atoms with Crippen LogP contribution in [0.3, 0.4) is 0 Å². The third kappa shape index (κ3) is 4.21. The van der Waals surface area contributed by atoms with Gasteiger partial charge in [0, 0.05) is 25.7 Å². The first-order chi connectivity index (χ1) is 7.86. The summed E-state index contributed by atoms with van der Waals surface area (Å²) in [5, 5.41) is 0. The van der Waals surface area contributed by atoms with Gasteiger partial charge in [-0.3, -0.25) is 0 Å². The number of hydrogen-bond donors (Lipinski definition) is 1. The highest BCUT2D eigenvalue weighted by atomic mass is 16.5. The van der Waals surface area contributed by atoms with Crippen LogP contribution in [0, 0.1) is 0 Å². The third-order valence-corrected chi connectivity index (χ3v) is 4.22. The number of nitrogens with two attached hydrogens (primary N) is 1. The summed E-state index contributed by atoms with van der Waals surface area (Å²) >= 11 is 0. The summed E-state index contributed by atoms with van der Waals surface area (Å²) in [7, 11) is 6.10. The fourth-order valence-corrected chi connectivity index (χ4v) is 2.27. The SMILES string of the molecule is COC(C)(C)C(N)CN(C)C1CCN(C)CC1. The molecule has 1 atom stereocenters. The monoisotopic (exact) mass is 243 g/mol. The van der Waals surface area contributed by atoms with Crippen molar-refractivity contribution in [1.29, 1.82) is 0 Å². The molecule has 0 aliphatic carbocycles. The van der Waals surface area contributed by atoms with Crippen molar-refractivity contribution in [2.45, 2.75) is 44.4 Å². The molecule has 1 aliphatic rings. The van der Waals surface area contributed by atoms with Crippen molar-refractivity contribution in [1.82, 2.24) is 9.80 Å². The molecule has 1 rings (SSSR count). The Hall–Kier alpha value is -0.160. The second-order valence-electron chi connectivity index (χ2n) is 5.89. The largest absolute Gasteiger partial charge is 0.377 e. The minimum Gasteiger partial charge on any atom is -0.377 e. The molecule has 17 heavy (non-hydrogen) atoms. The van der Waals surface area contributed by atoms with Crippen LogP contribution in [0.2, 0.25) is 0 Å². The van der Waals surface area contributed by atoms with E-state index in [9.17, 15) is 0 Å². The summed E-state index contributed by atoms with van der Waals surface area (Å²) in [4.78, 5) is 4.79. The van der Waals surface area contributed by atoms with E-state index in [0.29, 0.717) is 6.04 Å². The predicted molar refractivity (Wildman–Crippen MR) is 72.2 cm³/mol. The molecule has 0 aromatic rings. The standard InChI is InChI=1S/C13H29N3O/c1-13(2,17-5)12(14)10-16(4)11-6-8-15(3)9-7-11/h11-12H,6-10,14H2,1-5H3. The number of methoxy groups -OCH3 is 1. The molecule has 1 fully saturated rings. The molecule has 1 saturated heterocycles. The number of piperidine rings is 1. The van der Waals surface area contributed by atoms with E-state index < -0.39 is 0 Å². The maximum absolute atomic E-state index is 6.22. The summed E-state index contributed by atoms with van der Waals surface area (Å²) < 4.78 is 5.44. The lowest BCUT2D eigenvalue weighted by Crippen LogP contribution is -2.53. The Balaban J connectivity index is 2.41. The number of likely N-dealkylation sites (N-methyl/N-ethyl adjacent to an activating group) is 1. The van der Waals surface area contributed by atoms with E-state index in [2.05, 4.69) is 37.7 Å². The van der Waals surface area contributed by atoms with Crippen LogP contribution in [-0.2, 0) is 4.74 Å². The van der Waals surface area contributed by atoms with Gasteiger partial charge in [-0.05, 0) is 53.9 Å². The van der Waals surface area contributed by atoms with Gasteiger partial charge in [-0.2, -0.15) is 0 Å². The number of rotatable bonds is 5. The van der Waals surface area contributed by atoms with E-state index in [1.165, 1.54) is 25.9 Å². The Kier molecular flexibility index (Phi) is 5.38. The number of likely N-dealkylation sites (tertiary alicyclic amines) is 1. The van der Waals surface area contributed by atoms with Crippen LogP contribution in [0.5, 0.6) is 0 Å². The quantitative estimate of drug-likeness (QED) is 0.774. The zero-order valence-corrected chi connectivity index (χ0v) is 12.1. The molecule has 0 aromatic heterocycles.